The largest absolute Gasteiger partial charge is 0.444 e. The molecule has 8 nitrogen and oxygen atoms in total. The molecule has 1 aliphatic carbocycles. The topological polar surface area (TPSA) is 100 Å². The number of hydrogen-bond acceptors (Lipinski definition) is 5. The number of fused-ring (bicyclic) bond motifs is 3. The van der Waals surface area contributed by atoms with Gasteiger partial charge in [0.25, 0.3) is 5.91 Å². The molecule has 2 amide bonds. The molecule has 2 aliphatic rings. The fraction of sp³-hybridized carbons (Fsp3) is 0.556. The molecule has 1 aromatic carbocycles. The molecule has 1 saturated heterocycles. The SMILES string of the molecule is CC(C)(C)OC(=O)N1CC2CC1CC2NC(=O)c1ccc2n[nH]nc2c1. The van der Waals surface area contributed by atoms with Gasteiger partial charge in [-0.1, -0.05) is 0 Å². The van der Waals surface area contributed by atoms with Crippen LogP contribution >= 0.6 is 0 Å². The Morgan fingerprint density at radius 2 is 2.00 bits per heavy atom. The predicted octanol–water partition coefficient (Wildman–Crippen LogP) is 2.09. The second-order valence-corrected chi connectivity index (χ2v) is 8.13. The molecule has 0 radical (unpaired) electrons. The fourth-order valence-electron chi connectivity index (χ4n) is 3.91. The number of likely N-dealkylation sites (tertiary alicyclic amines) is 1. The number of carbonyl (C=O) groups excluding carboxylic acids is 2. The summed E-state index contributed by atoms with van der Waals surface area (Å²) in [5.74, 6) is 0.156. The zero-order chi connectivity index (χ0) is 18.5. The number of hydrogen-bond donors (Lipinski definition) is 2. The molecule has 26 heavy (non-hydrogen) atoms. The molecule has 1 saturated carbocycles. The molecule has 4 rings (SSSR count). The maximum atomic E-state index is 12.6. The number of carbonyl (C=O) groups is 2. The number of aromatic nitrogens is 3. The number of aromatic amines is 1. The van der Waals surface area contributed by atoms with Crippen LogP contribution < -0.4 is 5.32 Å². The first kappa shape index (κ1) is 16.8. The van der Waals surface area contributed by atoms with Gasteiger partial charge in [-0.25, -0.2) is 4.79 Å². The van der Waals surface area contributed by atoms with Crippen LogP contribution in [0.3, 0.4) is 0 Å². The zero-order valence-electron chi connectivity index (χ0n) is 15.2. The van der Waals surface area contributed by atoms with Crippen LogP contribution in [0.5, 0.6) is 0 Å². The minimum atomic E-state index is -0.494. The van der Waals surface area contributed by atoms with Crippen molar-refractivity contribution in [2.24, 2.45) is 5.92 Å². The van der Waals surface area contributed by atoms with Gasteiger partial charge in [0, 0.05) is 24.2 Å². The Morgan fingerprint density at radius 1 is 1.23 bits per heavy atom. The van der Waals surface area contributed by atoms with Gasteiger partial charge in [0.15, 0.2) is 0 Å². The summed E-state index contributed by atoms with van der Waals surface area (Å²) in [6, 6.07) is 5.48. The van der Waals surface area contributed by atoms with Crippen molar-refractivity contribution in [2.75, 3.05) is 6.54 Å². The summed E-state index contributed by atoms with van der Waals surface area (Å²) < 4.78 is 5.48. The summed E-state index contributed by atoms with van der Waals surface area (Å²) in [4.78, 5) is 26.7. The normalized spacial score (nSPS) is 24.9. The molecule has 8 heteroatoms. The molecule has 1 aliphatic heterocycles. The second-order valence-electron chi connectivity index (χ2n) is 8.13. The molecule has 2 fully saturated rings. The molecule has 2 aromatic rings. The van der Waals surface area contributed by atoms with Crippen LogP contribution in [0.15, 0.2) is 18.2 Å². The van der Waals surface area contributed by atoms with Gasteiger partial charge in [0.2, 0.25) is 0 Å². The van der Waals surface area contributed by atoms with Crippen LogP contribution in [0, 0.1) is 5.92 Å². The number of amides is 2. The smallest absolute Gasteiger partial charge is 0.410 e. The Hall–Kier alpha value is -2.64. The highest BCUT2D eigenvalue weighted by Crippen LogP contribution is 2.38. The number of rotatable bonds is 2. The molecular weight excluding hydrogens is 334 g/mol. The molecule has 2 heterocycles. The Kier molecular flexibility index (Phi) is 3.86. The number of nitrogens with one attached hydrogen (secondary N) is 2. The second kappa shape index (κ2) is 5.96. The van der Waals surface area contributed by atoms with E-state index in [1.807, 2.05) is 20.8 Å². The first-order valence-electron chi connectivity index (χ1n) is 8.91. The monoisotopic (exact) mass is 357 g/mol. The van der Waals surface area contributed by atoms with E-state index in [-0.39, 0.29) is 30.0 Å². The van der Waals surface area contributed by atoms with Gasteiger partial charge in [-0.15, -0.1) is 0 Å². The highest BCUT2D eigenvalue weighted by Gasteiger charge is 2.48. The predicted molar refractivity (Wildman–Crippen MR) is 94.6 cm³/mol. The first-order valence-corrected chi connectivity index (χ1v) is 8.91. The van der Waals surface area contributed by atoms with Gasteiger partial charge in [-0.2, -0.15) is 15.4 Å². The van der Waals surface area contributed by atoms with Crippen molar-refractivity contribution in [1.82, 2.24) is 25.6 Å². The summed E-state index contributed by atoms with van der Waals surface area (Å²) in [5, 5.41) is 13.7. The average Bonchev–Trinajstić information content (AvgIpc) is 3.27. The molecule has 2 N–H and O–H groups in total. The molecule has 1 aromatic heterocycles. The standard InChI is InChI=1S/C18H23N5O3/c1-18(2,3)26-17(25)23-9-11-6-12(23)8-14(11)19-16(24)10-4-5-13-15(7-10)21-22-20-13/h4-5,7,11-12,14H,6,8-9H2,1-3H3,(H,19,24)(H,20,21,22). The third-order valence-corrected chi connectivity index (χ3v) is 5.06. The van der Waals surface area contributed by atoms with E-state index in [4.69, 9.17) is 4.74 Å². The van der Waals surface area contributed by atoms with E-state index in [9.17, 15) is 9.59 Å². The third-order valence-electron chi connectivity index (χ3n) is 5.06. The van der Waals surface area contributed by atoms with Crippen LogP contribution in [0.2, 0.25) is 0 Å². The lowest BCUT2D eigenvalue weighted by molar-refractivity contribution is 0.0176. The van der Waals surface area contributed by atoms with Gasteiger partial charge in [0.1, 0.15) is 16.6 Å². The van der Waals surface area contributed by atoms with E-state index in [1.165, 1.54) is 0 Å². The lowest BCUT2D eigenvalue weighted by atomic mass is 10.0. The summed E-state index contributed by atoms with van der Waals surface area (Å²) >= 11 is 0. The average molecular weight is 357 g/mol. The molecule has 3 atom stereocenters. The first-order chi connectivity index (χ1) is 12.3. The molecular formula is C18H23N5O3. The number of benzene rings is 1. The summed E-state index contributed by atoms with van der Waals surface area (Å²) in [6.45, 7) is 6.24. The Labute approximate surface area is 151 Å². The van der Waals surface area contributed by atoms with Crippen molar-refractivity contribution in [3.05, 3.63) is 23.8 Å². The van der Waals surface area contributed by atoms with E-state index < -0.39 is 5.60 Å². The quantitative estimate of drug-likeness (QED) is 0.857. The zero-order valence-corrected chi connectivity index (χ0v) is 15.2. The van der Waals surface area contributed by atoms with Gasteiger partial charge in [0.05, 0.1) is 0 Å². The van der Waals surface area contributed by atoms with Crippen molar-refractivity contribution in [1.29, 1.82) is 0 Å². The number of nitrogens with zero attached hydrogens (tertiary/aromatic N) is 3. The van der Waals surface area contributed by atoms with Gasteiger partial charge < -0.3 is 15.0 Å². The van der Waals surface area contributed by atoms with E-state index in [2.05, 4.69) is 20.7 Å². The fourth-order valence-corrected chi connectivity index (χ4v) is 3.91. The highest BCUT2D eigenvalue weighted by molar-refractivity contribution is 5.97. The van der Waals surface area contributed by atoms with Crippen LogP contribution in [0.1, 0.15) is 44.0 Å². The Balaban J connectivity index is 1.38. The lowest BCUT2D eigenvalue weighted by Crippen LogP contribution is -2.48. The van der Waals surface area contributed by atoms with Crippen LogP contribution in [-0.2, 0) is 4.74 Å². The Morgan fingerprint density at radius 3 is 2.69 bits per heavy atom. The van der Waals surface area contributed by atoms with Gasteiger partial charge in [-0.3, -0.25) is 4.79 Å². The van der Waals surface area contributed by atoms with Crippen LogP contribution in [0.4, 0.5) is 4.79 Å². The van der Waals surface area contributed by atoms with Crippen molar-refractivity contribution in [2.45, 2.75) is 51.3 Å². The van der Waals surface area contributed by atoms with Crippen molar-refractivity contribution in [3.8, 4) is 0 Å². The minimum Gasteiger partial charge on any atom is -0.444 e. The molecule has 0 spiro atoms. The van der Waals surface area contributed by atoms with E-state index in [0.29, 0.717) is 17.6 Å². The molecule has 2 bridgehead atoms. The van der Waals surface area contributed by atoms with Crippen molar-refractivity contribution < 1.29 is 14.3 Å². The van der Waals surface area contributed by atoms with Crippen LogP contribution in [0.25, 0.3) is 11.0 Å². The Bertz CT molecular complexity index is 856. The maximum absolute atomic E-state index is 12.6. The van der Waals surface area contributed by atoms with Crippen LogP contribution in [-0.4, -0.2) is 56.5 Å². The highest BCUT2D eigenvalue weighted by atomic mass is 16.6. The molecule has 138 valence electrons. The summed E-state index contributed by atoms with van der Waals surface area (Å²) in [7, 11) is 0. The van der Waals surface area contributed by atoms with E-state index >= 15 is 0 Å². The lowest BCUT2D eigenvalue weighted by Gasteiger charge is -2.33. The van der Waals surface area contributed by atoms with Crippen molar-refractivity contribution >= 4 is 23.0 Å². The van der Waals surface area contributed by atoms with Crippen molar-refractivity contribution in [3.63, 3.8) is 0 Å². The van der Waals surface area contributed by atoms with E-state index in [1.54, 1.807) is 23.1 Å². The number of ether oxygens (including phenoxy) is 1. The van der Waals surface area contributed by atoms with E-state index in [0.717, 1.165) is 18.4 Å². The minimum absolute atomic E-state index is 0.0826. The number of H-pyrrole nitrogens is 1. The third kappa shape index (κ3) is 3.11. The summed E-state index contributed by atoms with van der Waals surface area (Å²) in [6.07, 6.45) is 1.42. The number of piperidine rings is 1. The maximum Gasteiger partial charge on any atom is 0.410 e. The van der Waals surface area contributed by atoms with Gasteiger partial charge >= 0.3 is 6.09 Å². The molecule has 3 unspecified atom stereocenters. The van der Waals surface area contributed by atoms with Gasteiger partial charge in [-0.05, 0) is 57.7 Å². The summed E-state index contributed by atoms with van der Waals surface area (Å²) in [5.41, 5.74) is 1.47.